The van der Waals surface area contributed by atoms with Crippen LogP contribution >= 0.6 is 7.82 Å². The minimum Gasteiger partial charge on any atom is -0.756 e. The van der Waals surface area contributed by atoms with Gasteiger partial charge in [0.25, 0.3) is 7.82 Å². The fourth-order valence-corrected chi connectivity index (χ4v) is 8.58. The molecule has 3 atom stereocenters. The van der Waals surface area contributed by atoms with E-state index in [-0.39, 0.29) is 19.1 Å². The molecule has 0 aromatic carbocycles. The van der Waals surface area contributed by atoms with E-state index in [1.54, 1.807) is 6.08 Å². The number of aliphatic hydroxyl groups is 1. The molecule has 9 heteroatoms. The molecular weight excluding hydrogens is 768 g/mol. The molecule has 60 heavy (non-hydrogen) atoms. The molecule has 0 aromatic heterocycles. The van der Waals surface area contributed by atoms with Gasteiger partial charge < -0.3 is 28.8 Å². The molecule has 8 nitrogen and oxygen atoms in total. The molecule has 0 bridgehead atoms. The van der Waals surface area contributed by atoms with Crippen LogP contribution in [0.4, 0.5) is 0 Å². The van der Waals surface area contributed by atoms with Gasteiger partial charge in [-0.15, -0.1) is 0 Å². The van der Waals surface area contributed by atoms with Crippen molar-refractivity contribution < 1.29 is 32.9 Å². The second-order valence-corrected chi connectivity index (χ2v) is 20.7. The third kappa shape index (κ3) is 45.3. The standard InChI is InChI=1S/C51H103N2O6P/c1-6-8-10-12-14-16-18-20-21-22-23-24-25-26-27-28-29-30-31-33-35-37-39-41-43-45-51(55)52-49(48-59-60(56,57)58-47-46-53(3,4)5)50(54)44-42-40-38-36-34-32-19-17-15-13-11-9-7-2/h42,44,49-50,54H,6-41,43,45-48H2,1-5H3,(H-,52,55,56,57)/b44-42+/t49-,50+/m0/s1. The monoisotopic (exact) mass is 871 g/mol. The van der Waals surface area contributed by atoms with Crippen LogP contribution in [-0.4, -0.2) is 68.5 Å². The van der Waals surface area contributed by atoms with Gasteiger partial charge in [0.05, 0.1) is 39.9 Å². The molecule has 0 spiro atoms. The number of phosphoric acid groups is 1. The molecule has 0 saturated heterocycles. The van der Waals surface area contributed by atoms with Gasteiger partial charge in [0.1, 0.15) is 13.2 Å². The van der Waals surface area contributed by atoms with E-state index in [0.717, 1.165) is 38.5 Å². The van der Waals surface area contributed by atoms with E-state index in [0.29, 0.717) is 17.4 Å². The summed E-state index contributed by atoms with van der Waals surface area (Å²) < 4.78 is 23.3. The number of carbonyl (C=O) groups is 1. The van der Waals surface area contributed by atoms with E-state index in [1.807, 2.05) is 27.2 Å². The average molecular weight is 871 g/mol. The zero-order chi connectivity index (χ0) is 44.3. The van der Waals surface area contributed by atoms with Gasteiger partial charge in [-0.3, -0.25) is 9.36 Å². The number of phosphoric ester groups is 1. The maximum Gasteiger partial charge on any atom is 0.268 e. The first-order chi connectivity index (χ1) is 29.0. The fourth-order valence-electron chi connectivity index (χ4n) is 7.86. The van der Waals surface area contributed by atoms with Crippen molar-refractivity contribution in [3.05, 3.63) is 12.2 Å². The number of hydrogen-bond donors (Lipinski definition) is 2. The highest BCUT2D eigenvalue weighted by atomic mass is 31.2. The van der Waals surface area contributed by atoms with Crippen LogP contribution in [0.15, 0.2) is 12.2 Å². The molecule has 0 aromatic rings. The van der Waals surface area contributed by atoms with Crippen molar-refractivity contribution in [2.45, 2.75) is 270 Å². The van der Waals surface area contributed by atoms with Crippen LogP contribution in [0.3, 0.4) is 0 Å². The summed E-state index contributed by atoms with van der Waals surface area (Å²) in [4.78, 5) is 25.4. The minimum atomic E-state index is -4.58. The molecule has 0 radical (unpaired) electrons. The maximum atomic E-state index is 12.9. The molecule has 0 aliphatic heterocycles. The summed E-state index contributed by atoms with van der Waals surface area (Å²) in [7, 11) is 1.27. The van der Waals surface area contributed by atoms with Crippen LogP contribution in [0, 0.1) is 0 Å². The first-order valence-electron chi connectivity index (χ1n) is 26.1. The lowest BCUT2D eigenvalue weighted by Gasteiger charge is -2.29. The first kappa shape index (κ1) is 59.2. The predicted molar refractivity (Wildman–Crippen MR) is 256 cm³/mol. The highest BCUT2D eigenvalue weighted by Crippen LogP contribution is 2.38. The van der Waals surface area contributed by atoms with Crippen molar-refractivity contribution in [2.24, 2.45) is 0 Å². The maximum absolute atomic E-state index is 12.9. The largest absolute Gasteiger partial charge is 0.756 e. The highest BCUT2D eigenvalue weighted by Gasteiger charge is 2.23. The van der Waals surface area contributed by atoms with Crippen LogP contribution in [0.1, 0.15) is 258 Å². The van der Waals surface area contributed by atoms with Gasteiger partial charge in [0.2, 0.25) is 5.91 Å². The number of rotatable bonds is 48. The molecule has 2 N–H and O–H groups in total. The molecular formula is C51H103N2O6P. The number of nitrogens with zero attached hydrogens (tertiary/aromatic N) is 1. The summed E-state index contributed by atoms with van der Waals surface area (Å²) in [6, 6.07) is -0.880. The van der Waals surface area contributed by atoms with Crippen molar-refractivity contribution in [1.82, 2.24) is 5.32 Å². The number of nitrogens with one attached hydrogen (secondary N) is 1. The van der Waals surface area contributed by atoms with Gasteiger partial charge in [0, 0.05) is 6.42 Å². The van der Waals surface area contributed by atoms with E-state index in [4.69, 9.17) is 9.05 Å². The third-order valence-corrected chi connectivity index (χ3v) is 13.0. The summed E-state index contributed by atoms with van der Waals surface area (Å²) in [5, 5.41) is 13.8. The van der Waals surface area contributed by atoms with E-state index >= 15 is 0 Å². The van der Waals surface area contributed by atoms with Crippen molar-refractivity contribution in [1.29, 1.82) is 0 Å². The Balaban J connectivity index is 4.14. The normalized spacial score (nSPS) is 14.2. The second kappa shape index (κ2) is 43.5. The van der Waals surface area contributed by atoms with Crippen molar-refractivity contribution in [2.75, 3.05) is 40.9 Å². The Morgan fingerprint density at radius 1 is 0.567 bits per heavy atom. The Morgan fingerprint density at radius 3 is 1.25 bits per heavy atom. The van der Waals surface area contributed by atoms with Gasteiger partial charge in [-0.1, -0.05) is 244 Å². The summed E-state index contributed by atoms with van der Waals surface area (Å²) in [5.41, 5.74) is 0. The number of allylic oxidation sites excluding steroid dienone is 1. The molecule has 0 aliphatic rings. The molecule has 0 saturated carbocycles. The lowest BCUT2D eigenvalue weighted by atomic mass is 10.0. The topological polar surface area (TPSA) is 108 Å². The lowest BCUT2D eigenvalue weighted by Crippen LogP contribution is -2.45. The van der Waals surface area contributed by atoms with Crippen LogP contribution in [-0.2, 0) is 18.4 Å². The van der Waals surface area contributed by atoms with E-state index in [1.165, 1.54) is 199 Å². The smallest absolute Gasteiger partial charge is 0.268 e. The Labute approximate surface area is 373 Å². The molecule has 0 fully saturated rings. The van der Waals surface area contributed by atoms with Crippen molar-refractivity contribution in [3.63, 3.8) is 0 Å². The highest BCUT2D eigenvalue weighted by molar-refractivity contribution is 7.45. The Hall–Kier alpha value is -0.760. The van der Waals surface area contributed by atoms with E-state index < -0.39 is 20.0 Å². The fraction of sp³-hybridized carbons (Fsp3) is 0.941. The van der Waals surface area contributed by atoms with Crippen molar-refractivity contribution in [3.8, 4) is 0 Å². The van der Waals surface area contributed by atoms with Gasteiger partial charge in [-0.2, -0.15) is 0 Å². The molecule has 358 valence electrons. The van der Waals surface area contributed by atoms with E-state index in [2.05, 4.69) is 19.2 Å². The van der Waals surface area contributed by atoms with Crippen LogP contribution in [0.25, 0.3) is 0 Å². The zero-order valence-corrected chi connectivity index (χ0v) is 41.6. The van der Waals surface area contributed by atoms with Gasteiger partial charge in [-0.05, 0) is 19.3 Å². The minimum absolute atomic E-state index is 0.00229. The van der Waals surface area contributed by atoms with Crippen LogP contribution in [0.2, 0.25) is 0 Å². The Kier molecular flexibility index (Phi) is 42.9. The number of carbonyl (C=O) groups excluding carboxylic acids is 1. The number of likely N-dealkylation sites (N-methyl/N-ethyl adjacent to an activating group) is 1. The number of unbranched alkanes of at least 4 members (excludes halogenated alkanes) is 35. The van der Waals surface area contributed by atoms with Crippen LogP contribution < -0.4 is 10.2 Å². The first-order valence-corrected chi connectivity index (χ1v) is 27.5. The predicted octanol–water partition coefficient (Wildman–Crippen LogP) is 14.5. The van der Waals surface area contributed by atoms with Gasteiger partial charge >= 0.3 is 0 Å². The average Bonchev–Trinajstić information content (AvgIpc) is 3.20. The third-order valence-electron chi connectivity index (χ3n) is 12.0. The number of amides is 1. The van der Waals surface area contributed by atoms with Crippen molar-refractivity contribution >= 4 is 13.7 Å². The molecule has 0 rings (SSSR count). The summed E-state index contributed by atoms with van der Waals surface area (Å²) in [6.07, 6.45) is 51.3. The van der Waals surface area contributed by atoms with E-state index in [9.17, 15) is 19.4 Å². The van der Waals surface area contributed by atoms with Crippen LogP contribution in [0.5, 0.6) is 0 Å². The number of aliphatic hydroxyl groups excluding tert-OH is 1. The number of hydrogen-bond acceptors (Lipinski definition) is 6. The summed E-state index contributed by atoms with van der Waals surface area (Å²) in [6.45, 7) is 4.67. The van der Waals surface area contributed by atoms with Gasteiger partial charge in [-0.25, -0.2) is 0 Å². The second-order valence-electron chi connectivity index (χ2n) is 19.2. The zero-order valence-electron chi connectivity index (χ0n) is 40.7. The van der Waals surface area contributed by atoms with Gasteiger partial charge in [0.15, 0.2) is 0 Å². The molecule has 0 aliphatic carbocycles. The molecule has 1 unspecified atom stereocenters. The molecule has 1 amide bonds. The molecule has 0 heterocycles. The lowest BCUT2D eigenvalue weighted by molar-refractivity contribution is -0.870. The summed E-state index contributed by atoms with van der Waals surface area (Å²) in [5.74, 6) is -0.192. The number of quaternary nitrogens is 1. The Bertz CT molecular complexity index is 989. The summed E-state index contributed by atoms with van der Waals surface area (Å²) >= 11 is 0. The Morgan fingerprint density at radius 2 is 0.900 bits per heavy atom. The quantitative estimate of drug-likeness (QED) is 0.0273. The SMILES string of the molecule is CCCCCCCCCCCCC/C=C/[C@@H](O)[C@H](COP(=O)([O-])OCC[N+](C)(C)C)NC(=O)CCCCCCCCCCCCCCCCCCCCCCCCCCC.